The van der Waals surface area contributed by atoms with Gasteiger partial charge < -0.3 is 9.80 Å². The second kappa shape index (κ2) is 8.90. The Kier molecular flexibility index (Phi) is 6.16. The zero-order valence-electron chi connectivity index (χ0n) is 17.6. The minimum absolute atomic E-state index is 0.0915. The highest BCUT2D eigenvalue weighted by Crippen LogP contribution is 2.33. The summed E-state index contributed by atoms with van der Waals surface area (Å²) in [5.41, 5.74) is 0.382. The summed E-state index contributed by atoms with van der Waals surface area (Å²) in [6.07, 6.45) is -3.76. The van der Waals surface area contributed by atoms with Crippen LogP contribution in [0.3, 0.4) is 0 Å². The number of nitrogens with zero attached hydrogens (tertiary/aromatic N) is 4. The fraction of sp³-hybridized carbons (Fsp3) is 0.261. The molecule has 172 valence electrons. The molecule has 2 amide bonds. The van der Waals surface area contributed by atoms with E-state index in [1.807, 2.05) is 6.92 Å². The molecule has 1 saturated heterocycles. The van der Waals surface area contributed by atoms with E-state index < -0.39 is 11.7 Å². The van der Waals surface area contributed by atoms with Crippen LogP contribution in [0, 0.1) is 0 Å². The summed E-state index contributed by atoms with van der Waals surface area (Å²) in [6, 6.07) is 12.8. The summed E-state index contributed by atoms with van der Waals surface area (Å²) in [5, 5.41) is 4.86. The summed E-state index contributed by atoms with van der Waals surface area (Å²) < 4.78 is 41.3. The van der Waals surface area contributed by atoms with E-state index in [0.29, 0.717) is 36.0 Å². The van der Waals surface area contributed by atoms with E-state index in [9.17, 15) is 22.8 Å². The Labute approximate surface area is 193 Å². The molecule has 2 heterocycles. The molecule has 3 aromatic rings. The highest BCUT2D eigenvalue weighted by Gasteiger charge is 2.32. The highest BCUT2D eigenvalue weighted by atomic mass is 35.5. The largest absolute Gasteiger partial charge is 0.416 e. The summed E-state index contributed by atoms with van der Waals surface area (Å²) in [7, 11) is 0. The number of rotatable bonds is 4. The van der Waals surface area contributed by atoms with Crippen LogP contribution in [-0.2, 0) is 11.0 Å². The molecule has 1 aliphatic rings. The second-order valence-corrected chi connectivity index (χ2v) is 8.27. The average Bonchev–Trinajstić information content (AvgIpc) is 3.24. The van der Waals surface area contributed by atoms with E-state index in [-0.39, 0.29) is 23.2 Å². The number of halogens is 4. The third-order valence-corrected chi connectivity index (χ3v) is 5.77. The maximum absolute atomic E-state index is 13.3. The maximum atomic E-state index is 13.3. The Morgan fingerprint density at radius 2 is 1.88 bits per heavy atom. The second-order valence-electron chi connectivity index (χ2n) is 7.83. The first-order valence-corrected chi connectivity index (χ1v) is 10.6. The summed E-state index contributed by atoms with van der Waals surface area (Å²) in [5.74, 6) is -0.359. The molecule has 1 aromatic heterocycles. The number of aromatic nitrogens is 2. The predicted octanol–water partition coefficient (Wildman–Crippen LogP) is 4.51. The third kappa shape index (κ3) is 4.73. The van der Waals surface area contributed by atoms with Gasteiger partial charge in [-0.25, -0.2) is 4.68 Å². The van der Waals surface area contributed by atoms with Crippen molar-refractivity contribution in [1.29, 1.82) is 0 Å². The van der Waals surface area contributed by atoms with Gasteiger partial charge in [-0.05, 0) is 43.3 Å². The Morgan fingerprint density at radius 3 is 2.55 bits per heavy atom. The number of hydrogen-bond donors (Lipinski definition) is 0. The molecule has 0 aliphatic carbocycles. The number of carbonyl (C=O) groups is 2. The van der Waals surface area contributed by atoms with Gasteiger partial charge in [-0.3, -0.25) is 9.59 Å². The first kappa shape index (κ1) is 22.8. The molecule has 0 N–H and O–H groups in total. The number of hydrogen-bond acceptors (Lipinski definition) is 3. The molecule has 0 saturated carbocycles. The van der Waals surface area contributed by atoms with Crippen LogP contribution in [-0.4, -0.2) is 57.6 Å². The van der Waals surface area contributed by atoms with E-state index in [0.717, 1.165) is 18.5 Å². The first-order valence-electron chi connectivity index (χ1n) is 10.2. The van der Waals surface area contributed by atoms with Crippen LogP contribution in [0.4, 0.5) is 13.2 Å². The predicted molar refractivity (Wildman–Crippen MR) is 117 cm³/mol. The zero-order chi connectivity index (χ0) is 23.8. The highest BCUT2D eigenvalue weighted by molar-refractivity contribution is 6.30. The quantitative estimate of drug-likeness (QED) is 0.520. The van der Waals surface area contributed by atoms with E-state index in [4.69, 9.17) is 11.6 Å². The van der Waals surface area contributed by atoms with E-state index in [1.165, 1.54) is 22.9 Å². The van der Waals surface area contributed by atoms with Crippen molar-refractivity contribution < 1.29 is 22.8 Å². The number of alkyl halides is 3. The lowest BCUT2D eigenvalue weighted by molar-refractivity contribution is -0.137. The summed E-state index contributed by atoms with van der Waals surface area (Å²) in [6.45, 7) is 2.96. The van der Waals surface area contributed by atoms with Crippen molar-refractivity contribution >= 4 is 23.9 Å². The Hall–Kier alpha value is -3.33. The van der Waals surface area contributed by atoms with Gasteiger partial charge in [0.15, 0.2) is 5.69 Å². The molecule has 4 rings (SSSR count). The topological polar surface area (TPSA) is 58.4 Å². The fourth-order valence-corrected chi connectivity index (χ4v) is 4.07. The van der Waals surface area contributed by atoms with Crippen molar-refractivity contribution in [3.05, 3.63) is 70.9 Å². The van der Waals surface area contributed by atoms with E-state index in [2.05, 4.69) is 5.10 Å². The van der Waals surface area contributed by atoms with Gasteiger partial charge in [0.25, 0.3) is 5.91 Å². The van der Waals surface area contributed by atoms with Crippen LogP contribution in [0.1, 0.15) is 23.0 Å². The normalized spacial score (nSPS) is 16.7. The van der Waals surface area contributed by atoms with Crippen LogP contribution < -0.4 is 0 Å². The van der Waals surface area contributed by atoms with Gasteiger partial charge in [0.2, 0.25) is 6.41 Å². The molecule has 6 nitrogen and oxygen atoms in total. The molecule has 1 fully saturated rings. The van der Waals surface area contributed by atoms with Crippen molar-refractivity contribution in [3.8, 4) is 16.9 Å². The van der Waals surface area contributed by atoms with Crippen LogP contribution in [0.25, 0.3) is 16.9 Å². The molecule has 0 spiro atoms. The number of benzene rings is 2. The molecule has 0 unspecified atom stereocenters. The van der Waals surface area contributed by atoms with Gasteiger partial charge in [0.05, 0.1) is 16.9 Å². The smallest absolute Gasteiger partial charge is 0.341 e. The average molecular weight is 477 g/mol. The molecule has 0 radical (unpaired) electrons. The molecule has 0 bridgehead atoms. The molecule has 2 aromatic carbocycles. The standard InChI is InChI=1S/C23H20ClF3N4O2/c1-15-13-29(14-32)8-9-30(15)22(33)20-12-21(16-4-2-5-17(10-16)23(25,26)27)31(28-20)19-7-3-6-18(24)11-19/h2-7,10-12,14-15H,8-9,13H2,1H3/t15-/m1/s1. The van der Waals surface area contributed by atoms with E-state index >= 15 is 0 Å². The molecular formula is C23H20ClF3N4O2. The van der Waals surface area contributed by atoms with Crippen molar-refractivity contribution in [2.24, 2.45) is 0 Å². The molecule has 1 aliphatic heterocycles. The zero-order valence-corrected chi connectivity index (χ0v) is 18.3. The first-order chi connectivity index (χ1) is 15.7. The van der Waals surface area contributed by atoms with Crippen LogP contribution in [0.15, 0.2) is 54.6 Å². The number of amides is 2. The van der Waals surface area contributed by atoms with Crippen LogP contribution >= 0.6 is 11.6 Å². The van der Waals surface area contributed by atoms with Gasteiger partial charge in [-0.15, -0.1) is 0 Å². The maximum Gasteiger partial charge on any atom is 0.416 e. The van der Waals surface area contributed by atoms with Crippen molar-refractivity contribution in [1.82, 2.24) is 19.6 Å². The van der Waals surface area contributed by atoms with Gasteiger partial charge >= 0.3 is 6.18 Å². The monoisotopic (exact) mass is 476 g/mol. The van der Waals surface area contributed by atoms with Gasteiger partial charge in [-0.2, -0.15) is 18.3 Å². The third-order valence-electron chi connectivity index (χ3n) is 5.54. The molecular weight excluding hydrogens is 457 g/mol. The van der Waals surface area contributed by atoms with Crippen molar-refractivity contribution in [2.75, 3.05) is 19.6 Å². The van der Waals surface area contributed by atoms with Crippen LogP contribution in [0.5, 0.6) is 0 Å². The van der Waals surface area contributed by atoms with Gasteiger partial charge in [-0.1, -0.05) is 29.8 Å². The number of carbonyl (C=O) groups excluding carboxylic acids is 2. The summed E-state index contributed by atoms with van der Waals surface area (Å²) in [4.78, 5) is 27.5. The Morgan fingerprint density at radius 1 is 1.12 bits per heavy atom. The minimum Gasteiger partial charge on any atom is -0.341 e. The SMILES string of the molecule is C[C@@H]1CN(C=O)CCN1C(=O)c1cc(-c2cccc(C(F)(F)F)c2)n(-c2cccc(Cl)c2)n1. The minimum atomic E-state index is -4.51. The Balaban J connectivity index is 1.78. The Bertz CT molecular complexity index is 1190. The number of piperazine rings is 1. The van der Waals surface area contributed by atoms with Crippen LogP contribution in [0.2, 0.25) is 5.02 Å². The van der Waals surface area contributed by atoms with E-state index in [1.54, 1.807) is 34.1 Å². The van der Waals surface area contributed by atoms with Crippen molar-refractivity contribution in [2.45, 2.75) is 19.1 Å². The lowest BCUT2D eigenvalue weighted by Crippen LogP contribution is -2.53. The lowest BCUT2D eigenvalue weighted by atomic mass is 10.1. The fourth-order valence-electron chi connectivity index (χ4n) is 3.88. The van der Waals surface area contributed by atoms with Crippen molar-refractivity contribution in [3.63, 3.8) is 0 Å². The molecule has 1 atom stereocenters. The molecule has 33 heavy (non-hydrogen) atoms. The summed E-state index contributed by atoms with van der Waals surface area (Å²) >= 11 is 6.12. The lowest BCUT2D eigenvalue weighted by Gasteiger charge is -2.37. The molecule has 10 heteroatoms. The van der Waals surface area contributed by atoms with Gasteiger partial charge in [0, 0.05) is 36.3 Å². The van der Waals surface area contributed by atoms with Gasteiger partial charge in [0.1, 0.15) is 0 Å².